The van der Waals surface area contributed by atoms with Crippen molar-refractivity contribution in [1.82, 2.24) is 10.6 Å². The van der Waals surface area contributed by atoms with Gasteiger partial charge in [-0.25, -0.2) is 4.79 Å². The summed E-state index contributed by atoms with van der Waals surface area (Å²) in [5, 5.41) is 15.2. The highest BCUT2D eigenvalue weighted by atomic mass is 16.4. The fraction of sp³-hybridized carbons (Fsp3) is 0.684. The fourth-order valence-corrected chi connectivity index (χ4v) is 3.76. The van der Waals surface area contributed by atoms with Crippen molar-refractivity contribution in [3.63, 3.8) is 0 Å². The maximum Gasteiger partial charge on any atom is 0.344 e. The molecule has 0 aliphatic heterocycles. The number of carbonyl (C=O) groups is 2. The van der Waals surface area contributed by atoms with E-state index in [-0.39, 0.29) is 11.8 Å². The van der Waals surface area contributed by atoms with Gasteiger partial charge in [-0.3, -0.25) is 10.1 Å². The third-order valence-electron chi connectivity index (χ3n) is 5.14. The van der Waals surface area contributed by atoms with Crippen LogP contribution in [0.3, 0.4) is 0 Å². The van der Waals surface area contributed by atoms with Gasteiger partial charge in [0.2, 0.25) is 5.91 Å². The number of hydrogen-bond donors (Lipinski definition) is 3. The maximum atomic E-state index is 11.7. The van der Waals surface area contributed by atoms with Gasteiger partial charge in [0.1, 0.15) is 0 Å². The smallest absolute Gasteiger partial charge is 0.344 e. The van der Waals surface area contributed by atoms with E-state index in [9.17, 15) is 14.7 Å². The quantitative estimate of drug-likeness (QED) is 0.326. The van der Waals surface area contributed by atoms with E-state index >= 15 is 0 Å². The first-order chi connectivity index (χ1) is 11.3. The molecule has 0 heterocycles. The molecule has 3 atom stereocenters. The van der Waals surface area contributed by atoms with Crippen LogP contribution in [-0.2, 0) is 9.59 Å². The van der Waals surface area contributed by atoms with E-state index in [1.165, 1.54) is 13.3 Å². The van der Waals surface area contributed by atoms with Crippen LogP contribution in [0.2, 0.25) is 0 Å². The van der Waals surface area contributed by atoms with E-state index in [4.69, 9.17) is 0 Å². The monoisotopic (exact) mass is 334 g/mol. The molecule has 5 heteroatoms. The van der Waals surface area contributed by atoms with Crippen LogP contribution < -0.4 is 10.6 Å². The SMILES string of the molecule is CC(=O)N[C@@](NCCCCCC1=CC2C=CC1C2)(C(=O)O)C(C)C. The van der Waals surface area contributed by atoms with Crippen molar-refractivity contribution >= 4 is 11.9 Å². The van der Waals surface area contributed by atoms with Gasteiger partial charge in [0.25, 0.3) is 0 Å². The molecule has 5 nitrogen and oxygen atoms in total. The van der Waals surface area contributed by atoms with E-state index in [2.05, 4.69) is 28.9 Å². The van der Waals surface area contributed by atoms with E-state index < -0.39 is 11.6 Å². The predicted molar refractivity (Wildman–Crippen MR) is 94.3 cm³/mol. The number of unbranched alkanes of at least 4 members (excludes halogenated alkanes) is 2. The Morgan fingerprint density at radius 3 is 2.54 bits per heavy atom. The number of amides is 1. The largest absolute Gasteiger partial charge is 0.478 e. The topological polar surface area (TPSA) is 78.4 Å². The highest BCUT2D eigenvalue weighted by Crippen LogP contribution is 2.40. The Balaban J connectivity index is 1.71. The third kappa shape index (κ3) is 4.26. The summed E-state index contributed by atoms with van der Waals surface area (Å²) in [4.78, 5) is 23.1. The molecule has 0 radical (unpaired) electrons. The Kier molecular flexibility index (Phi) is 6.21. The van der Waals surface area contributed by atoms with E-state index in [1.807, 2.05) is 0 Å². The third-order valence-corrected chi connectivity index (χ3v) is 5.14. The molecule has 0 saturated heterocycles. The molecule has 134 valence electrons. The molecule has 0 aromatic carbocycles. The second-order valence-corrected chi connectivity index (χ2v) is 7.32. The maximum absolute atomic E-state index is 11.7. The zero-order chi connectivity index (χ0) is 17.7. The van der Waals surface area contributed by atoms with Crippen molar-refractivity contribution in [2.24, 2.45) is 17.8 Å². The van der Waals surface area contributed by atoms with Crippen molar-refractivity contribution in [2.75, 3.05) is 6.54 Å². The molecular formula is C19H30N2O3. The minimum Gasteiger partial charge on any atom is -0.478 e. The number of carbonyl (C=O) groups excluding carboxylic acids is 1. The van der Waals surface area contributed by atoms with Crippen LogP contribution >= 0.6 is 0 Å². The number of hydrogen-bond acceptors (Lipinski definition) is 3. The normalized spacial score (nSPS) is 24.1. The first kappa shape index (κ1) is 18.7. The molecular weight excluding hydrogens is 304 g/mol. The van der Waals surface area contributed by atoms with Crippen molar-refractivity contribution in [2.45, 2.75) is 58.5 Å². The first-order valence-corrected chi connectivity index (χ1v) is 9.01. The molecule has 2 unspecified atom stereocenters. The lowest BCUT2D eigenvalue weighted by molar-refractivity contribution is -0.151. The van der Waals surface area contributed by atoms with E-state index in [1.54, 1.807) is 19.4 Å². The van der Waals surface area contributed by atoms with Gasteiger partial charge in [-0.05, 0) is 44.1 Å². The van der Waals surface area contributed by atoms with Gasteiger partial charge in [-0.2, -0.15) is 0 Å². The number of rotatable bonds is 10. The molecule has 24 heavy (non-hydrogen) atoms. The summed E-state index contributed by atoms with van der Waals surface area (Å²) >= 11 is 0. The Morgan fingerprint density at radius 1 is 1.29 bits per heavy atom. The van der Waals surface area contributed by atoms with Gasteiger partial charge in [0.15, 0.2) is 5.66 Å². The molecule has 0 aromatic heterocycles. The summed E-state index contributed by atoms with van der Waals surface area (Å²) in [5.74, 6) is -0.272. The molecule has 0 aromatic rings. The summed E-state index contributed by atoms with van der Waals surface area (Å²) in [6, 6.07) is 0. The Bertz CT molecular complexity index is 539. The predicted octanol–water partition coefficient (Wildman–Crippen LogP) is 2.84. The lowest BCUT2D eigenvalue weighted by Crippen LogP contribution is -2.67. The lowest BCUT2D eigenvalue weighted by Gasteiger charge is -2.35. The average Bonchev–Trinajstić information content (AvgIpc) is 3.11. The summed E-state index contributed by atoms with van der Waals surface area (Å²) in [6.07, 6.45) is 12.5. The van der Waals surface area contributed by atoms with Crippen molar-refractivity contribution < 1.29 is 14.7 Å². The van der Waals surface area contributed by atoms with Gasteiger partial charge in [-0.15, -0.1) is 0 Å². The second-order valence-electron chi connectivity index (χ2n) is 7.32. The standard InChI is InChI=1S/C19H30N2O3/c1-13(2)19(18(23)24,21-14(3)22)20-10-6-4-5-7-16-11-15-8-9-17(16)12-15/h8-9,11,13,15,17,20H,4-7,10,12H2,1-3H3,(H,21,22)(H,23,24)/t15?,17?,19-/m1/s1. The van der Waals surface area contributed by atoms with E-state index in [0.29, 0.717) is 18.4 Å². The summed E-state index contributed by atoms with van der Waals surface area (Å²) in [6.45, 7) is 5.52. The van der Waals surface area contributed by atoms with E-state index in [0.717, 1.165) is 25.7 Å². The van der Waals surface area contributed by atoms with Gasteiger partial charge < -0.3 is 10.4 Å². The summed E-state index contributed by atoms with van der Waals surface area (Å²) < 4.78 is 0. The number of carboxylic acid groups (broad SMARTS) is 1. The second kappa shape index (κ2) is 7.97. The van der Waals surface area contributed by atoms with Crippen molar-refractivity contribution in [3.8, 4) is 0 Å². The van der Waals surface area contributed by atoms with Crippen LogP contribution in [0, 0.1) is 17.8 Å². The molecule has 0 fully saturated rings. The number of nitrogens with one attached hydrogen (secondary N) is 2. The van der Waals surface area contributed by atoms with Gasteiger partial charge in [0.05, 0.1) is 0 Å². The zero-order valence-corrected chi connectivity index (χ0v) is 15.0. The molecule has 2 rings (SSSR count). The molecule has 2 aliphatic carbocycles. The van der Waals surface area contributed by atoms with Crippen LogP contribution in [0.5, 0.6) is 0 Å². The van der Waals surface area contributed by atoms with Crippen LogP contribution in [0.15, 0.2) is 23.8 Å². The molecule has 3 N–H and O–H groups in total. The minimum atomic E-state index is -1.39. The lowest BCUT2D eigenvalue weighted by atomic mass is 9.95. The van der Waals surface area contributed by atoms with Gasteiger partial charge >= 0.3 is 5.97 Å². The van der Waals surface area contributed by atoms with Crippen LogP contribution in [0.4, 0.5) is 0 Å². The highest BCUT2D eigenvalue weighted by Gasteiger charge is 2.42. The first-order valence-electron chi connectivity index (χ1n) is 9.01. The Morgan fingerprint density at radius 2 is 2.04 bits per heavy atom. The van der Waals surface area contributed by atoms with Crippen molar-refractivity contribution in [3.05, 3.63) is 23.8 Å². The molecule has 1 amide bonds. The Labute approximate surface area is 144 Å². The van der Waals surface area contributed by atoms with Crippen LogP contribution in [0.25, 0.3) is 0 Å². The van der Waals surface area contributed by atoms with Crippen LogP contribution in [-0.4, -0.2) is 29.2 Å². The summed E-state index contributed by atoms with van der Waals surface area (Å²) in [7, 11) is 0. The molecule has 0 spiro atoms. The molecule has 0 saturated carbocycles. The minimum absolute atomic E-state index is 0.245. The molecule has 2 bridgehead atoms. The van der Waals surface area contributed by atoms with Crippen LogP contribution in [0.1, 0.15) is 52.9 Å². The number of carboxylic acids is 1. The number of allylic oxidation sites excluding steroid dienone is 4. The zero-order valence-electron chi connectivity index (χ0n) is 15.0. The van der Waals surface area contributed by atoms with Crippen molar-refractivity contribution in [1.29, 1.82) is 0 Å². The molecule has 2 aliphatic rings. The fourth-order valence-electron chi connectivity index (χ4n) is 3.76. The summed E-state index contributed by atoms with van der Waals surface area (Å²) in [5.41, 5.74) is 0.194. The highest BCUT2D eigenvalue weighted by molar-refractivity contribution is 5.85. The number of fused-ring (bicyclic) bond motifs is 2. The van der Waals surface area contributed by atoms with Gasteiger partial charge in [0, 0.05) is 12.8 Å². The van der Waals surface area contributed by atoms with Gasteiger partial charge in [-0.1, -0.05) is 44.1 Å². The average molecular weight is 334 g/mol. The number of aliphatic carboxylic acids is 1. The Hall–Kier alpha value is -1.62.